The van der Waals surface area contributed by atoms with Crippen molar-refractivity contribution in [3.63, 3.8) is 0 Å². The maximum Gasteiger partial charge on any atom is 0.311 e. The number of esters is 4. The highest BCUT2D eigenvalue weighted by atomic mass is 16.6. The first-order valence-electron chi connectivity index (χ1n) is 19.8. The lowest BCUT2D eigenvalue weighted by Crippen LogP contribution is -2.35. The minimum absolute atomic E-state index is 0.0313. The van der Waals surface area contributed by atoms with E-state index >= 15 is 0 Å². The van der Waals surface area contributed by atoms with Gasteiger partial charge < -0.3 is 35.2 Å². The molecule has 0 radical (unpaired) electrons. The molecule has 0 unspecified atom stereocenters. The number of allylic oxidation sites excluding steroid dienone is 3. The third-order valence-corrected chi connectivity index (χ3v) is 10.8. The van der Waals surface area contributed by atoms with E-state index in [0.717, 1.165) is 50.5 Å². The molecule has 1 aliphatic heterocycles. The van der Waals surface area contributed by atoms with Crippen molar-refractivity contribution in [1.29, 1.82) is 0 Å². The minimum Gasteiger partial charge on any atom is -0.466 e. The van der Waals surface area contributed by atoms with Gasteiger partial charge in [-0.15, -0.1) is 0 Å². The highest BCUT2D eigenvalue weighted by Gasteiger charge is 2.38. The predicted molar refractivity (Wildman–Crippen MR) is 202 cm³/mol. The standard InChI is InChI=1S/C42H62N2O9/c1-28(2)20-31(26-43)22-39(47)49-18-10-7-13-38(46)53-36-24-32(23-35-41(36)34-21-29(3)14-15-33(34)30(4)51-35)52-37(45)12-6-11-19-50-40(48)25-42(27-44)16-8-5-9-17-42/h21,23-24,28,31,33-34H,4-20,22,25-27,43-44H2,1-3H3/t31-,33-,34+/m0/s1. The first-order valence-corrected chi connectivity index (χ1v) is 19.8. The molecule has 3 aliphatic rings. The Balaban J connectivity index is 1.30. The fourth-order valence-electron chi connectivity index (χ4n) is 7.87. The van der Waals surface area contributed by atoms with Crippen molar-refractivity contribution in [3.05, 3.63) is 41.7 Å². The first kappa shape index (κ1) is 42.0. The van der Waals surface area contributed by atoms with Gasteiger partial charge in [0.1, 0.15) is 23.0 Å². The van der Waals surface area contributed by atoms with Gasteiger partial charge in [0.05, 0.1) is 19.6 Å². The molecule has 1 fully saturated rings. The smallest absolute Gasteiger partial charge is 0.311 e. The van der Waals surface area contributed by atoms with E-state index in [1.807, 2.05) is 0 Å². The lowest BCUT2D eigenvalue weighted by atomic mass is 9.72. The molecule has 11 nitrogen and oxygen atoms in total. The Labute approximate surface area is 315 Å². The summed E-state index contributed by atoms with van der Waals surface area (Å²) in [5.74, 6) is 0.607. The molecule has 0 spiro atoms. The monoisotopic (exact) mass is 738 g/mol. The van der Waals surface area contributed by atoms with Crippen molar-refractivity contribution in [3.8, 4) is 17.2 Å². The van der Waals surface area contributed by atoms with E-state index in [4.69, 9.17) is 35.2 Å². The Bertz CT molecular complexity index is 1460. The number of hydrogen-bond donors (Lipinski definition) is 2. The first-order chi connectivity index (χ1) is 25.4. The van der Waals surface area contributed by atoms with Crippen LogP contribution in [0.4, 0.5) is 0 Å². The molecule has 0 amide bonds. The Hall–Kier alpha value is -3.70. The van der Waals surface area contributed by atoms with Gasteiger partial charge in [0.25, 0.3) is 0 Å². The highest BCUT2D eigenvalue weighted by Crippen LogP contribution is 2.52. The molecule has 2 aliphatic carbocycles. The van der Waals surface area contributed by atoms with Crippen LogP contribution in [0.5, 0.6) is 17.2 Å². The predicted octanol–water partition coefficient (Wildman–Crippen LogP) is 7.58. The molecule has 4 N–H and O–H groups in total. The molecular weight excluding hydrogens is 676 g/mol. The van der Waals surface area contributed by atoms with Gasteiger partial charge >= 0.3 is 23.9 Å². The maximum atomic E-state index is 13.1. The molecule has 4 rings (SSSR count). The van der Waals surface area contributed by atoms with E-state index in [0.29, 0.717) is 69.0 Å². The number of nitrogens with two attached hydrogens (primary N) is 2. The zero-order chi connectivity index (χ0) is 38.4. The van der Waals surface area contributed by atoms with Crippen molar-refractivity contribution in [2.75, 3.05) is 26.3 Å². The van der Waals surface area contributed by atoms with Crippen LogP contribution in [0, 0.1) is 23.2 Å². The number of fused-ring (bicyclic) bond motifs is 3. The quantitative estimate of drug-likeness (QED) is 0.0586. The molecule has 3 atom stereocenters. The van der Waals surface area contributed by atoms with Crippen molar-refractivity contribution in [2.45, 2.75) is 129 Å². The number of carbonyl (C=O) groups is 4. The summed E-state index contributed by atoms with van der Waals surface area (Å²) in [6.45, 7) is 11.8. The number of benzene rings is 1. The van der Waals surface area contributed by atoms with Crippen molar-refractivity contribution in [1.82, 2.24) is 0 Å². The fraction of sp³-hybridized carbons (Fsp3) is 0.667. The molecule has 1 heterocycles. The average molecular weight is 739 g/mol. The average Bonchev–Trinajstić information content (AvgIpc) is 3.11. The van der Waals surface area contributed by atoms with Gasteiger partial charge in [-0.1, -0.05) is 51.3 Å². The van der Waals surface area contributed by atoms with Crippen LogP contribution in [0.25, 0.3) is 0 Å². The largest absolute Gasteiger partial charge is 0.466 e. The summed E-state index contributed by atoms with van der Waals surface area (Å²) in [7, 11) is 0. The Kier molecular flexibility index (Phi) is 16.4. The molecule has 1 aromatic carbocycles. The van der Waals surface area contributed by atoms with E-state index in [2.05, 4.69) is 33.4 Å². The molecule has 1 saturated carbocycles. The van der Waals surface area contributed by atoms with Crippen LogP contribution in [-0.2, 0) is 28.7 Å². The number of ether oxygens (including phenoxy) is 5. The van der Waals surface area contributed by atoms with Crippen LogP contribution in [0.1, 0.15) is 135 Å². The zero-order valence-corrected chi connectivity index (χ0v) is 32.2. The van der Waals surface area contributed by atoms with Crippen LogP contribution in [0.15, 0.2) is 36.1 Å². The van der Waals surface area contributed by atoms with E-state index < -0.39 is 11.9 Å². The van der Waals surface area contributed by atoms with E-state index in [1.54, 1.807) is 12.1 Å². The van der Waals surface area contributed by atoms with Gasteiger partial charge in [0.2, 0.25) is 0 Å². The molecule has 53 heavy (non-hydrogen) atoms. The van der Waals surface area contributed by atoms with Crippen LogP contribution in [-0.4, -0.2) is 50.2 Å². The lowest BCUT2D eigenvalue weighted by molar-refractivity contribution is -0.147. The maximum absolute atomic E-state index is 13.1. The molecule has 11 heteroatoms. The van der Waals surface area contributed by atoms with Crippen molar-refractivity contribution < 1.29 is 42.9 Å². The summed E-state index contributed by atoms with van der Waals surface area (Å²) >= 11 is 0. The van der Waals surface area contributed by atoms with Crippen LogP contribution in [0.3, 0.4) is 0 Å². The van der Waals surface area contributed by atoms with Crippen molar-refractivity contribution in [2.24, 2.45) is 34.6 Å². The Morgan fingerprint density at radius 3 is 2.21 bits per heavy atom. The molecule has 0 aromatic heterocycles. The van der Waals surface area contributed by atoms with Gasteiger partial charge in [-0.2, -0.15) is 0 Å². The van der Waals surface area contributed by atoms with Gasteiger partial charge in [0, 0.05) is 48.8 Å². The van der Waals surface area contributed by atoms with E-state index in [-0.39, 0.29) is 72.7 Å². The number of carbonyl (C=O) groups excluding carboxylic acids is 4. The van der Waals surface area contributed by atoms with Gasteiger partial charge in [-0.3, -0.25) is 19.2 Å². The SMILES string of the molecule is C=C1Oc2cc(OC(=O)CCCCOC(=O)CC3(CN)CCCCC3)cc(OC(=O)CCCCOC(=O)C[C@@H](CN)CC(C)C)c2[C@@H]2C=C(C)CC[C@@H]12. The van der Waals surface area contributed by atoms with Gasteiger partial charge in [-0.05, 0) is 95.1 Å². The van der Waals surface area contributed by atoms with Gasteiger partial charge in [0.15, 0.2) is 0 Å². The van der Waals surface area contributed by atoms with Crippen molar-refractivity contribution >= 4 is 23.9 Å². The Morgan fingerprint density at radius 2 is 1.57 bits per heavy atom. The molecular formula is C42H62N2O9. The minimum atomic E-state index is -0.463. The molecule has 0 saturated heterocycles. The third-order valence-electron chi connectivity index (χ3n) is 10.8. The summed E-state index contributed by atoms with van der Waals surface area (Å²) in [6, 6.07) is 3.23. The second-order valence-corrected chi connectivity index (χ2v) is 15.8. The summed E-state index contributed by atoms with van der Waals surface area (Å²) in [5, 5.41) is 0. The molecule has 0 bridgehead atoms. The third kappa shape index (κ3) is 13.0. The van der Waals surface area contributed by atoms with Crippen LogP contribution in [0.2, 0.25) is 0 Å². The Morgan fingerprint density at radius 1 is 0.906 bits per heavy atom. The summed E-state index contributed by atoms with van der Waals surface area (Å²) in [4.78, 5) is 50.8. The van der Waals surface area contributed by atoms with Crippen LogP contribution >= 0.6 is 0 Å². The second kappa shape index (κ2) is 20.7. The molecule has 1 aromatic rings. The summed E-state index contributed by atoms with van der Waals surface area (Å²) in [6.07, 6.45) is 12.9. The summed E-state index contributed by atoms with van der Waals surface area (Å²) in [5.41, 5.74) is 13.6. The number of unbranched alkanes of at least 4 members (excludes halogenated alkanes) is 2. The number of rotatable bonds is 20. The van der Waals surface area contributed by atoms with E-state index in [9.17, 15) is 19.2 Å². The normalized spacial score (nSPS) is 19.6. The highest BCUT2D eigenvalue weighted by molar-refractivity contribution is 5.76. The topological polar surface area (TPSA) is 166 Å². The summed E-state index contributed by atoms with van der Waals surface area (Å²) < 4.78 is 28.7. The fourth-order valence-corrected chi connectivity index (χ4v) is 7.87. The molecule has 294 valence electrons. The van der Waals surface area contributed by atoms with Crippen LogP contribution < -0.4 is 25.7 Å². The van der Waals surface area contributed by atoms with Gasteiger partial charge in [-0.25, -0.2) is 0 Å². The second-order valence-electron chi connectivity index (χ2n) is 15.8. The zero-order valence-electron chi connectivity index (χ0n) is 32.2. The lowest BCUT2D eigenvalue weighted by Gasteiger charge is -2.37. The number of hydrogen-bond acceptors (Lipinski definition) is 11. The van der Waals surface area contributed by atoms with E-state index in [1.165, 1.54) is 12.0 Å².